The SMILES string of the molecule is CCO[C@@H]1OC(C(=O)N2CCOCC2)=C[C@H](c2ccc(C(=O)OC)cc2)[C@@H]1CCCO. The number of allylic oxidation sites excluding steroid dienone is 1. The number of aliphatic hydroxyl groups is 1. The first-order valence-corrected chi connectivity index (χ1v) is 10.7. The van der Waals surface area contributed by atoms with E-state index in [-0.39, 0.29) is 30.1 Å². The fourth-order valence-corrected chi connectivity index (χ4v) is 4.02. The third-order valence-electron chi connectivity index (χ3n) is 5.64. The van der Waals surface area contributed by atoms with Crippen molar-refractivity contribution in [2.45, 2.75) is 32.0 Å². The molecule has 0 aliphatic carbocycles. The molecule has 2 heterocycles. The van der Waals surface area contributed by atoms with E-state index in [0.29, 0.717) is 51.3 Å². The van der Waals surface area contributed by atoms with Gasteiger partial charge in [-0.05, 0) is 43.5 Å². The Morgan fingerprint density at radius 1 is 1.19 bits per heavy atom. The molecule has 0 saturated carbocycles. The van der Waals surface area contributed by atoms with Crippen molar-refractivity contribution in [3.8, 4) is 0 Å². The number of morpholine rings is 1. The molecule has 2 aliphatic rings. The van der Waals surface area contributed by atoms with Gasteiger partial charge in [0.15, 0.2) is 5.76 Å². The molecule has 0 radical (unpaired) electrons. The second-order valence-corrected chi connectivity index (χ2v) is 7.55. The van der Waals surface area contributed by atoms with E-state index in [4.69, 9.17) is 18.9 Å². The van der Waals surface area contributed by atoms with Crippen molar-refractivity contribution in [2.24, 2.45) is 5.92 Å². The van der Waals surface area contributed by atoms with Crippen molar-refractivity contribution >= 4 is 11.9 Å². The Morgan fingerprint density at radius 3 is 2.52 bits per heavy atom. The lowest BCUT2D eigenvalue weighted by molar-refractivity contribution is -0.171. The maximum Gasteiger partial charge on any atom is 0.337 e. The largest absolute Gasteiger partial charge is 0.465 e. The van der Waals surface area contributed by atoms with Crippen molar-refractivity contribution < 1.29 is 33.6 Å². The molecule has 8 heteroatoms. The van der Waals surface area contributed by atoms with Crippen LogP contribution in [0.2, 0.25) is 0 Å². The first kappa shape index (κ1) is 23.2. The van der Waals surface area contributed by atoms with Crippen LogP contribution in [-0.2, 0) is 23.7 Å². The van der Waals surface area contributed by atoms with Gasteiger partial charge in [-0.2, -0.15) is 0 Å². The average Bonchev–Trinajstić information content (AvgIpc) is 2.82. The number of esters is 1. The summed E-state index contributed by atoms with van der Waals surface area (Å²) < 4.78 is 22.0. The fraction of sp³-hybridized carbons (Fsp3) is 0.565. The van der Waals surface area contributed by atoms with Crippen LogP contribution >= 0.6 is 0 Å². The molecule has 3 atom stereocenters. The minimum Gasteiger partial charge on any atom is -0.465 e. The molecule has 0 spiro atoms. The number of nitrogens with zero attached hydrogens (tertiary/aromatic N) is 1. The molecule has 1 N–H and O–H groups in total. The predicted molar refractivity (Wildman–Crippen MR) is 112 cm³/mol. The summed E-state index contributed by atoms with van der Waals surface area (Å²) in [6.07, 6.45) is 2.50. The fourth-order valence-electron chi connectivity index (χ4n) is 4.02. The minimum absolute atomic E-state index is 0.0621. The first-order chi connectivity index (χ1) is 15.1. The van der Waals surface area contributed by atoms with Gasteiger partial charge in [0, 0.05) is 38.1 Å². The van der Waals surface area contributed by atoms with Crippen molar-refractivity contribution in [1.82, 2.24) is 4.90 Å². The van der Waals surface area contributed by atoms with E-state index in [2.05, 4.69) is 0 Å². The van der Waals surface area contributed by atoms with Gasteiger partial charge in [0.25, 0.3) is 5.91 Å². The van der Waals surface area contributed by atoms with E-state index in [1.807, 2.05) is 25.1 Å². The molecule has 0 unspecified atom stereocenters. The standard InChI is InChI=1S/C23H31NO7/c1-3-30-23-18(5-4-12-25)19(16-6-8-17(9-7-16)22(27)28-2)15-20(31-23)21(26)24-10-13-29-14-11-24/h6-9,15,18-19,23,25H,3-5,10-14H2,1-2H3/t18-,19+,23+/m0/s1. The van der Waals surface area contributed by atoms with E-state index >= 15 is 0 Å². The number of methoxy groups -OCH3 is 1. The Morgan fingerprint density at radius 2 is 1.90 bits per heavy atom. The molecule has 1 fully saturated rings. The number of amides is 1. The molecular weight excluding hydrogens is 402 g/mol. The molecule has 8 nitrogen and oxygen atoms in total. The van der Waals surface area contributed by atoms with E-state index in [9.17, 15) is 14.7 Å². The number of rotatable bonds is 8. The lowest BCUT2D eigenvalue weighted by Gasteiger charge is -2.38. The van der Waals surface area contributed by atoms with Crippen molar-refractivity contribution in [3.63, 3.8) is 0 Å². The van der Waals surface area contributed by atoms with Crippen LogP contribution in [0.25, 0.3) is 0 Å². The Kier molecular flexibility index (Phi) is 8.45. The number of carbonyl (C=O) groups is 2. The first-order valence-electron chi connectivity index (χ1n) is 10.7. The van der Waals surface area contributed by atoms with Gasteiger partial charge in [-0.3, -0.25) is 4.79 Å². The molecule has 3 rings (SSSR count). The van der Waals surface area contributed by atoms with E-state index in [1.165, 1.54) is 7.11 Å². The highest BCUT2D eigenvalue weighted by atomic mass is 16.7. The highest BCUT2D eigenvalue weighted by molar-refractivity contribution is 5.92. The van der Waals surface area contributed by atoms with Crippen LogP contribution in [0.4, 0.5) is 0 Å². The summed E-state index contributed by atoms with van der Waals surface area (Å²) in [5, 5.41) is 9.38. The summed E-state index contributed by atoms with van der Waals surface area (Å²) in [7, 11) is 1.35. The maximum atomic E-state index is 13.1. The lowest BCUT2D eigenvalue weighted by atomic mass is 9.80. The van der Waals surface area contributed by atoms with Crippen molar-refractivity contribution in [3.05, 3.63) is 47.2 Å². The molecule has 1 amide bonds. The number of hydrogen-bond donors (Lipinski definition) is 1. The molecule has 1 aromatic carbocycles. The van der Waals surface area contributed by atoms with Crippen molar-refractivity contribution in [1.29, 1.82) is 0 Å². The Hall–Kier alpha value is -2.42. The van der Waals surface area contributed by atoms with Gasteiger partial charge >= 0.3 is 5.97 Å². The van der Waals surface area contributed by atoms with Gasteiger partial charge in [0.1, 0.15) is 0 Å². The van der Waals surface area contributed by atoms with Crippen LogP contribution in [0, 0.1) is 5.92 Å². The highest BCUT2D eigenvalue weighted by Crippen LogP contribution is 2.39. The molecule has 0 aromatic heterocycles. The van der Waals surface area contributed by atoms with Crippen LogP contribution in [0.3, 0.4) is 0 Å². The molecule has 2 aliphatic heterocycles. The second-order valence-electron chi connectivity index (χ2n) is 7.55. The number of hydrogen-bond acceptors (Lipinski definition) is 7. The third-order valence-corrected chi connectivity index (χ3v) is 5.64. The van der Waals surface area contributed by atoms with Crippen LogP contribution in [-0.4, -0.2) is 74.8 Å². The summed E-state index contributed by atoms with van der Waals surface area (Å²) in [5.41, 5.74) is 1.40. The summed E-state index contributed by atoms with van der Waals surface area (Å²) in [6.45, 7) is 4.43. The monoisotopic (exact) mass is 433 g/mol. The van der Waals surface area contributed by atoms with E-state index in [0.717, 1.165) is 5.56 Å². The zero-order chi connectivity index (χ0) is 22.2. The van der Waals surface area contributed by atoms with Crippen LogP contribution in [0.5, 0.6) is 0 Å². The van der Waals surface area contributed by atoms with Gasteiger partial charge < -0.3 is 29.0 Å². The average molecular weight is 434 g/mol. The molecule has 0 bridgehead atoms. The van der Waals surface area contributed by atoms with Gasteiger partial charge in [-0.15, -0.1) is 0 Å². The highest BCUT2D eigenvalue weighted by Gasteiger charge is 2.39. The predicted octanol–water partition coefficient (Wildman–Crippen LogP) is 2.08. The summed E-state index contributed by atoms with van der Waals surface area (Å²) in [5.74, 6) is -0.561. The summed E-state index contributed by atoms with van der Waals surface area (Å²) >= 11 is 0. The van der Waals surface area contributed by atoms with Crippen LogP contribution in [0.15, 0.2) is 36.1 Å². The second kappa shape index (κ2) is 11.3. The molecule has 170 valence electrons. The zero-order valence-corrected chi connectivity index (χ0v) is 18.1. The molecule has 1 aromatic rings. The van der Waals surface area contributed by atoms with Gasteiger partial charge in [-0.1, -0.05) is 12.1 Å². The Labute approximate surface area is 182 Å². The number of benzene rings is 1. The van der Waals surface area contributed by atoms with Crippen molar-refractivity contribution in [2.75, 3.05) is 46.6 Å². The van der Waals surface area contributed by atoms with Gasteiger partial charge in [0.05, 0.1) is 25.9 Å². The summed E-state index contributed by atoms with van der Waals surface area (Å²) in [6, 6.07) is 7.16. The van der Waals surface area contributed by atoms with Gasteiger partial charge in [-0.25, -0.2) is 4.79 Å². The molecular formula is C23H31NO7. The maximum absolute atomic E-state index is 13.1. The quantitative estimate of drug-likeness (QED) is 0.627. The third kappa shape index (κ3) is 5.64. The molecule has 31 heavy (non-hydrogen) atoms. The van der Waals surface area contributed by atoms with Gasteiger partial charge in [0.2, 0.25) is 6.29 Å². The number of aliphatic hydroxyl groups excluding tert-OH is 1. The number of ether oxygens (including phenoxy) is 4. The topological polar surface area (TPSA) is 94.5 Å². The smallest absolute Gasteiger partial charge is 0.337 e. The number of carbonyl (C=O) groups excluding carboxylic acids is 2. The van der Waals surface area contributed by atoms with Crippen LogP contribution < -0.4 is 0 Å². The zero-order valence-electron chi connectivity index (χ0n) is 18.1. The Bertz CT molecular complexity index is 771. The van der Waals surface area contributed by atoms with Crippen LogP contribution in [0.1, 0.15) is 41.6 Å². The minimum atomic E-state index is -0.605. The Balaban J connectivity index is 1.93. The van der Waals surface area contributed by atoms with E-state index in [1.54, 1.807) is 17.0 Å². The summed E-state index contributed by atoms with van der Waals surface area (Å²) in [4.78, 5) is 26.6. The van der Waals surface area contributed by atoms with E-state index < -0.39 is 12.3 Å². The normalized spacial score (nSPS) is 23.6. The molecule has 1 saturated heterocycles. The lowest BCUT2D eigenvalue weighted by Crippen LogP contribution is -2.44.